The molecule has 1 aliphatic rings. The first-order chi connectivity index (χ1) is 17.2. The van der Waals surface area contributed by atoms with Crippen molar-refractivity contribution in [2.24, 2.45) is 5.41 Å². The van der Waals surface area contributed by atoms with Crippen LogP contribution in [0, 0.1) is 5.41 Å². The van der Waals surface area contributed by atoms with Gasteiger partial charge in [0, 0.05) is 18.4 Å². The van der Waals surface area contributed by atoms with Gasteiger partial charge in [0.2, 0.25) is 5.91 Å². The highest BCUT2D eigenvalue weighted by Crippen LogP contribution is 2.36. The third-order valence-corrected chi connectivity index (χ3v) is 6.87. The van der Waals surface area contributed by atoms with Crippen LogP contribution in [0.4, 0.5) is 0 Å². The zero-order chi connectivity index (χ0) is 26.1. The summed E-state index contributed by atoms with van der Waals surface area (Å²) >= 11 is 0. The molecule has 36 heavy (non-hydrogen) atoms. The molecule has 1 fully saturated rings. The van der Waals surface area contributed by atoms with Crippen molar-refractivity contribution in [1.82, 2.24) is 4.90 Å². The van der Waals surface area contributed by atoms with Crippen molar-refractivity contribution in [1.29, 1.82) is 0 Å². The second-order valence-electron chi connectivity index (χ2n) is 10.3. The van der Waals surface area contributed by atoms with Gasteiger partial charge < -0.3 is 19.8 Å². The van der Waals surface area contributed by atoms with Gasteiger partial charge in [0.15, 0.2) is 0 Å². The summed E-state index contributed by atoms with van der Waals surface area (Å²) in [6.45, 7) is 4.60. The molecule has 2 aromatic rings. The lowest BCUT2D eigenvalue weighted by Gasteiger charge is -2.23. The lowest BCUT2D eigenvalue weighted by Crippen LogP contribution is -2.35. The third kappa shape index (κ3) is 7.69. The molecule has 1 heterocycles. The molecule has 0 aliphatic carbocycles. The molecule has 2 N–H and O–H groups in total. The van der Waals surface area contributed by atoms with Crippen molar-refractivity contribution in [2.45, 2.75) is 70.9 Å². The Morgan fingerprint density at radius 2 is 1.83 bits per heavy atom. The molecule has 1 unspecified atom stereocenters. The number of likely N-dealkylation sites (tertiary alicyclic amines) is 1. The van der Waals surface area contributed by atoms with E-state index in [0.717, 1.165) is 42.6 Å². The number of carboxylic acid groups (broad SMARTS) is 1. The van der Waals surface area contributed by atoms with Crippen LogP contribution in [0.15, 0.2) is 60.7 Å². The molecule has 6 nitrogen and oxygen atoms in total. The van der Waals surface area contributed by atoms with Crippen LogP contribution in [0.3, 0.4) is 0 Å². The number of carbonyl (C=O) groups is 2. The lowest BCUT2D eigenvalue weighted by atomic mass is 9.89. The second kappa shape index (κ2) is 12.7. The van der Waals surface area contributed by atoms with Gasteiger partial charge in [-0.05, 0) is 54.5 Å². The Bertz CT molecular complexity index is 1040. The van der Waals surface area contributed by atoms with Crippen molar-refractivity contribution in [3.05, 3.63) is 77.4 Å². The molecule has 6 heteroatoms. The molecule has 0 radical (unpaired) electrons. The van der Waals surface area contributed by atoms with Gasteiger partial charge >= 0.3 is 5.97 Å². The summed E-state index contributed by atoms with van der Waals surface area (Å²) in [5, 5.41) is 19.7. The van der Waals surface area contributed by atoms with E-state index in [9.17, 15) is 14.7 Å². The van der Waals surface area contributed by atoms with Gasteiger partial charge in [0.1, 0.15) is 5.75 Å². The topological polar surface area (TPSA) is 87.1 Å². The smallest absolute Gasteiger partial charge is 0.303 e. The van der Waals surface area contributed by atoms with Crippen LogP contribution in [-0.2, 0) is 16.0 Å². The molecule has 0 spiro atoms. The quantitative estimate of drug-likeness (QED) is 0.283. The zero-order valence-corrected chi connectivity index (χ0v) is 21.7. The Balaban J connectivity index is 1.60. The molecule has 2 aromatic carbocycles. The molecule has 1 amide bonds. The fourth-order valence-electron chi connectivity index (χ4n) is 4.82. The summed E-state index contributed by atoms with van der Waals surface area (Å²) in [5.74, 6) is 0.203. The summed E-state index contributed by atoms with van der Waals surface area (Å²) in [5.41, 5.74) is 2.68. The fourth-order valence-corrected chi connectivity index (χ4v) is 4.82. The van der Waals surface area contributed by atoms with Crippen molar-refractivity contribution >= 4 is 11.9 Å². The number of ether oxygens (including phenoxy) is 1. The predicted molar refractivity (Wildman–Crippen MR) is 141 cm³/mol. The van der Waals surface area contributed by atoms with Gasteiger partial charge in [-0.15, -0.1) is 0 Å². The number of aliphatic hydroxyl groups is 1. The highest BCUT2D eigenvalue weighted by Gasteiger charge is 2.43. The number of hydrogen-bond acceptors (Lipinski definition) is 4. The molecule has 0 saturated carbocycles. The normalized spacial score (nSPS) is 18.1. The maximum Gasteiger partial charge on any atom is 0.303 e. The van der Waals surface area contributed by atoms with E-state index in [1.807, 2.05) is 67.3 Å². The number of rotatable bonds is 13. The number of carbonyl (C=O) groups excluding carboxylic acids is 1. The van der Waals surface area contributed by atoms with Gasteiger partial charge in [-0.2, -0.15) is 0 Å². The first kappa shape index (κ1) is 27.5. The lowest BCUT2D eigenvalue weighted by molar-refractivity contribution is -0.137. The third-order valence-electron chi connectivity index (χ3n) is 6.87. The van der Waals surface area contributed by atoms with Crippen LogP contribution in [0.5, 0.6) is 5.75 Å². The Labute approximate surface area is 214 Å². The van der Waals surface area contributed by atoms with E-state index >= 15 is 0 Å². The Morgan fingerprint density at radius 3 is 2.53 bits per heavy atom. The van der Waals surface area contributed by atoms with E-state index in [2.05, 4.69) is 6.07 Å². The minimum atomic E-state index is -0.763. The number of hydrogen-bond donors (Lipinski definition) is 2. The number of methoxy groups -OCH3 is 1. The Hall–Kier alpha value is -3.12. The number of carboxylic acids is 1. The first-order valence-corrected chi connectivity index (χ1v) is 12.8. The Morgan fingerprint density at radius 1 is 1.11 bits per heavy atom. The monoisotopic (exact) mass is 493 g/mol. The van der Waals surface area contributed by atoms with Crippen molar-refractivity contribution in [3.63, 3.8) is 0 Å². The van der Waals surface area contributed by atoms with Gasteiger partial charge in [-0.1, -0.05) is 75.2 Å². The van der Waals surface area contributed by atoms with Crippen molar-refractivity contribution in [2.75, 3.05) is 13.7 Å². The molecule has 1 aliphatic heterocycles. The maximum atomic E-state index is 13.0. The molecule has 2 atom stereocenters. The van der Waals surface area contributed by atoms with Gasteiger partial charge in [-0.25, -0.2) is 0 Å². The molecular weight excluding hydrogens is 454 g/mol. The highest BCUT2D eigenvalue weighted by atomic mass is 16.5. The summed E-state index contributed by atoms with van der Waals surface area (Å²) in [6, 6.07) is 15.9. The summed E-state index contributed by atoms with van der Waals surface area (Å²) in [4.78, 5) is 25.5. The molecule has 0 bridgehead atoms. The van der Waals surface area contributed by atoms with E-state index in [1.165, 1.54) is 5.56 Å². The summed E-state index contributed by atoms with van der Waals surface area (Å²) < 4.78 is 5.23. The SMILES string of the molecule is COc1ccc(Cc2cccc([C@H](O)/C=C/C3CC(C)(C)C(=O)N3CCCCCCC(=O)O)c2)cc1. The first-order valence-electron chi connectivity index (χ1n) is 12.8. The van der Waals surface area contributed by atoms with Crippen LogP contribution in [0.25, 0.3) is 0 Å². The average molecular weight is 494 g/mol. The van der Waals surface area contributed by atoms with E-state index in [1.54, 1.807) is 13.2 Å². The predicted octanol–water partition coefficient (Wildman–Crippen LogP) is 5.54. The van der Waals surface area contributed by atoms with E-state index in [-0.39, 0.29) is 18.4 Å². The van der Waals surface area contributed by atoms with Crippen LogP contribution >= 0.6 is 0 Å². The Kier molecular flexibility index (Phi) is 9.71. The number of aliphatic carboxylic acids is 1. The molecule has 3 rings (SSSR count). The van der Waals surface area contributed by atoms with Crippen LogP contribution in [-0.4, -0.2) is 46.7 Å². The van der Waals surface area contributed by atoms with Gasteiger partial charge in [-0.3, -0.25) is 9.59 Å². The fraction of sp³-hybridized carbons (Fsp3) is 0.467. The van der Waals surface area contributed by atoms with Gasteiger partial charge in [0.25, 0.3) is 0 Å². The minimum Gasteiger partial charge on any atom is -0.497 e. The largest absolute Gasteiger partial charge is 0.497 e. The van der Waals surface area contributed by atoms with Gasteiger partial charge in [0.05, 0.1) is 19.3 Å². The number of benzene rings is 2. The van der Waals surface area contributed by atoms with E-state index in [0.29, 0.717) is 19.4 Å². The molecule has 1 saturated heterocycles. The average Bonchev–Trinajstić information content (AvgIpc) is 3.07. The van der Waals surface area contributed by atoms with E-state index < -0.39 is 17.5 Å². The van der Waals surface area contributed by atoms with Crippen LogP contribution in [0.1, 0.15) is 75.2 Å². The summed E-state index contributed by atoms with van der Waals surface area (Å²) in [7, 11) is 1.65. The number of aliphatic hydroxyl groups excluding tert-OH is 1. The zero-order valence-electron chi connectivity index (χ0n) is 21.7. The number of nitrogens with zero attached hydrogens (tertiary/aromatic N) is 1. The standard InChI is InChI=1S/C30H39NO5/c1-30(2)21-25(31(29(30)35)18-7-5-4-6-11-28(33)34)14-17-27(32)24-10-8-9-23(20-24)19-22-12-15-26(36-3)16-13-22/h8-10,12-17,20,25,27,32H,4-7,11,18-19,21H2,1-3H3,(H,33,34)/b17-14+/t25?,27-/m1/s1. The molecule has 0 aromatic heterocycles. The van der Waals surface area contributed by atoms with Crippen LogP contribution in [0.2, 0.25) is 0 Å². The van der Waals surface area contributed by atoms with Crippen molar-refractivity contribution in [3.8, 4) is 5.75 Å². The van der Waals surface area contributed by atoms with E-state index in [4.69, 9.17) is 9.84 Å². The molecule has 194 valence electrons. The summed E-state index contributed by atoms with van der Waals surface area (Å²) in [6.07, 6.45) is 7.96. The van der Waals surface area contributed by atoms with Crippen LogP contribution < -0.4 is 4.74 Å². The van der Waals surface area contributed by atoms with Crippen molar-refractivity contribution < 1.29 is 24.5 Å². The number of amides is 1. The maximum absolute atomic E-state index is 13.0. The number of unbranched alkanes of at least 4 members (excludes halogenated alkanes) is 3. The molecular formula is C30H39NO5. The highest BCUT2D eigenvalue weighted by molar-refractivity contribution is 5.85. The second-order valence-corrected chi connectivity index (χ2v) is 10.3. The minimum absolute atomic E-state index is 0.0522.